The van der Waals surface area contributed by atoms with E-state index in [2.05, 4.69) is 6.92 Å². The second-order valence-corrected chi connectivity index (χ2v) is 6.39. The number of unbranched alkanes of at least 4 members (excludes halogenated alkanes) is 5. The highest BCUT2D eigenvalue weighted by Crippen LogP contribution is 2.41. The fraction of sp³-hybridized carbons (Fsp3) is 1.00. The van der Waals surface area contributed by atoms with E-state index in [1.54, 1.807) is 0 Å². The molecule has 0 aromatic rings. The molecule has 0 saturated heterocycles. The van der Waals surface area contributed by atoms with Crippen molar-refractivity contribution in [3.8, 4) is 0 Å². The van der Waals surface area contributed by atoms with Crippen molar-refractivity contribution in [1.82, 2.24) is 0 Å². The Hall–Kier alpha value is -0.250. The number of alkyl halides is 3. The monoisotopic (exact) mass is 293 g/mol. The Balaban J connectivity index is 2.20. The van der Waals surface area contributed by atoms with E-state index in [1.807, 2.05) is 0 Å². The van der Waals surface area contributed by atoms with E-state index in [9.17, 15) is 13.2 Å². The van der Waals surface area contributed by atoms with Crippen molar-refractivity contribution in [1.29, 1.82) is 0 Å². The maximum atomic E-state index is 12.8. The molecule has 0 spiro atoms. The lowest BCUT2D eigenvalue weighted by Gasteiger charge is -2.33. The summed E-state index contributed by atoms with van der Waals surface area (Å²) in [6.45, 7) is 2.19. The fourth-order valence-corrected chi connectivity index (χ4v) is 3.31. The Morgan fingerprint density at radius 3 is 2.35 bits per heavy atom. The van der Waals surface area contributed by atoms with Crippen LogP contribution in [-0.4, -0.2) is 12.2 Å². The summed E-state index contributed by atoms with van der Waals surface area (Å²) in [6.07, 6.45) is 6.22. The molecule has 0 aromatic carbocycles. The standard InChI is InChI=1S/C16H30F3N/c1-2-3-4-5-6-7-11-15(20)13-9-8-10-14(12-13)16(17,18)19/h13-15H,2-12,20H2,1H3. The van der Waals surface area contributed by atoms with Crippen LogP contribution in [-0.2, 0) is 0 Å². The average molecular weight is 293 g/mol. The topological polar surface area (TPSA) is 26.0 Å². The molecule has 0 aromatic heterocycles. The van der Waals surface area contributed by atoms with Gasteiger partial charge in [-0.2, -0.15) is 13.2 Å². The van der Waals surface area contributed by atoms with E-state index < -0.39 is 12.1 Å². The van der Waals surface area contributed by atoms with Crippen LogP contribution in [0.25, 0.3) is 0 Å². The van der Waals surface area contributed by atoms with E-state index in [-0.39, 0.29) is 18.4 Å². The zero-order chi connectivity index (χ0) is 15.0. The number of hydrogen-bond acceptors (Lipinski definition) is 1. The number of hydrogen-bond donors (Lipinski definition) is 1. The van der Waals surface area contributed by atoms with Gasteiger partial charge in [0.15, 0.2) is 0 Å². The molecule has 0 amide bonds. The maximum Gasteiger partial charge on any atom is 0.391 e. The third-order valence-electron chi connectivity index (χ3n) is 4.67. The van der Waals surface area contributed by atoms with Gasteiger partial charge in [0.25, 0.3) is 0 Å². The molecule has 1 rings (SSSR count). The van der Waals surface area contributed by atoms with Gasteiger partial charge in [-0.05, 0) is 31.6 Å². The Morgan fingerprint density at radius 1 is 1.05 bits per heavy atom. The summed E-state index contributed by atoms with van der Waals surface area (Å²) in [5.74, 6) is -1.04. The molecule has 0 heterocycles. The first-order valence-electron chi connectivity index (χ1n) is 8.27. The molecule has 0 radical (unpaired) electrons. The predicted octanol–water partition coefficient (Wildman–Crippen LogP) is 5.43. The Labute approximate surface area is 121 Å². The molecule has 3 unspecified atom stereocenters. The van der Waals surface area contributed by atoms with Crippen molar-refractivity contribution >= 4 is 0 Å². The lowest BCUT2D eigenvalue weighted by Crippen LogP contribution is -2.37. The largest absolute Gasteiger partial charge is 0.391 e. The third kappa shape index (κ3) is 6.47. The smallest absolute Gasteiger partial charge is 0.327 e. The van der Waals surface area contributed by atoms with Crippen molar-refractivity contribution in [2.45, 2.75) is 89.8 Å². The van der Waals surface area contributed by atoms with Crippen molar-refractivity contribution in [3.05, 3.63) is 0 Å². The first-order valence-corrected chi connectivity index (χ1v) is 8.27. The van der Waals surface area contributed by atoms with Gasteiger partial charge in [0.2, 0.25) is 0 Å². The molecule has 120 valence electrons. The van der Waals surface area contributed by atoms with Crippen LogP contribution in [0.15, 0.2) is 0 Å². The molecule has 1 nitrogen and oxygen atoms in total. The molecular formula is C16H30F3N. The summed E-state index contributed by atoms with van der Waals surface area (Å²) in [7, 11) is 0. The predicted molar refractivity (Wildman–Crippen MR) is 77.5 cm³/mol. The van der Waals surface area contributed by atoms with E-state index in [4.69, 9.17) is 5.73 Å². The van der Waals surface area contributed by atoms with E-state index >= 15 is 0 Å². The highest BCUT2D eigenvalue weighted by Gasteiger charge is 2.42. The summed E-state index contributed by atoms with van der Waals surface area (Å²) in [6, 6.07) is -0.0358. The molecule has 1 saturated carbocycles. The molecular weight excluding hydrogens is 263 g/mol. The van der Waals surface area contributed by atoms with Gasteiger partial charge in [-0.1, -0.05) is 51.9 Å². The quantitative estimate of drug-likeness (QED) is 0.593. The summed E-state index contributed by atoms with van der Waals surface area (Å²) in [5, 5.41) is 0. The van der Waals surface area contributed by atoms with Crippen LogP contribution in [0, 0.1) is 11.8 Å². The number of rotatable bonds is 8. The van der Waals surface area contributed by atoms with Crippen molar-refractivity contribution in [3.63, 3.8) is 0 Å². The van der Waals surface area contributed by atoms with E-state index in [0.717, 1.165) is 19.3 Å². The molecule has 1 aliphatic carbocycles. The molecule has 2 N–H and O–H groups in total. The lowest BCUT2D eigenvalue weighted by molar-refractivity contribution is -0.186. The molecule has 20 heavy (non-hydrogen) atoms. The summed E-state index contributed by atoms with van der Waals surface area (Å²) in [4.78, 5) is 0. The van der Waals surface area contributed by atoms with Crippen molar-refractivity contribution in [2.24, 2.45) is 17.6 Å². The summed E-state index contributed by atoms with van der Waals surface area (Å²) in [5.41, 5.74) is 6.13. The minimum atomic E-state index is -4.03. The number of halogens is 3. The van der Waals surface area contributed by atoms with Crippen LogP contribution in [0.1, 0.15) is 77.6 Å². The highest BCUT2D eigenvalue weighted by atomic mass is 19.4. The van der Waals surface area contributed by atoms with E-state index in [0.29, 0.717) is 12.8 Å². The van der Waals surface area contributed by atoms with E-state index in [1.165, 1.54) is 32.1 Å². The van der Waals surface area contributed by atoms with Crippen molar-refractivity contribution in [2.75, 3.05) is 0 Å². The van der Waals surface area contributed by atoms with Crippen LogP contribution >= 0.6 is 0 Å². The van der Waals surface area contributed by atoms with Crippen molar-refractivity contribution < 1.29 is 13.2 Å². The Kier molecular flexibility index (Phi) is 7.93. The van der Waals surface area contributed by atoms with Crippen LogP contribution in [0.2, 0.25) is 0 Å². The van der Waals surface area contributed by atoms with Crippen LogP contribution < -0.4 is 5.73 Å². The van der Waals surface area contributed by atoms with Crippen LogP contribution in [0.3, 0.4) is 0 Å². The highest BCUT2D eigenvalue weighted by molar-refractivity contribution is 4.83. The van der Waals surface area contributed by atoms with Crippen LogP contribution in [0.5, 0.6) is 0 Å². The second-order valence-electron chi connectivity index (χ2n) is 6.39. The van der Waals surface area contributed by atoms with Gasteiger partial charge in [0, 0.05) is 6.04 Å². The van der Waals surface area contributed by atoms with Gasteiger partial charge in [-0.3, -0.25) is 0 Å². The summed E-state index contributed by atoms with van der Waals surface area (Å²) >= 11 is 0. The van der Waals surface area contributed by atoms with Gasteiger partial charge in [-0.15, -0.1) is 0 Å². The molecule has 0 aliphatic heterocycles. The Morgan fingerprint density at radius 2 is 1.70 bits per heavy atom. The first kappa shape index (κ1) is 17.8. The van der Waals surface area contributed by atoms with Gasteiger partial charge < -0.3 is 5.73 Å². The molecule has 1 aliphatic rings. The minimum Gasteiger partial charge on any atom is -0.327 e. The van der Waals surface area contributed by atoms with Gasteiger partial charge in [0.05, 0.1) is 5.92 Å². The second kappa shape index (κ2) is 8.91. The van der Waals surface area contributed by atoms with Gasteiger partial charge in [-0.25, -0.2) is 0 Å². The maximum absolute atomic E-state index is 12.8. The van der Waals surface area contributed by atoms with Gasteiger partial charge in [0.1, 0.15) is 0 Å². The lowest BCUT2D eigenvalue weighted by atomic mass is 9.76. The van der Waals surface area contributed by atoms with Crippen LogP contribution in [0.4, 0.5) is 13.2 Å². The first-order chi connectivity index (χ1) is 9.45. The Bertz CT molecular complexity index is 253. The zero-order valence-corrected chi connectivity index (χ0v) is 12.7. The normalized spacial score (nSPS) is 25.6. The number of nitrogens with two attached hydrogens (primary N) is 1. The zero-order valence-electron chi connectivity index (χ0n) is 12.7. The summed E-state index contributed by atoms with van der Waals surface area (Å²) < 4.78 is 38.3. The molecule has 1 fully saturated rings. The minimum absolute atomic E-state index is 0.0358. The fourth-order valence-electron chi connectivity index (χ4n) is 3.31. The molecule has 4 heteroatoms. The average Bonchev–Trinajstić information content (AvgIpc) is 2.41. The third-order valence-corrected chi connectivity index (χ3v) is 4.67. The SMILES string of the molecule is CCCCCCCCC(N)C1CCCC(C(F)(F)F)C1. The molecule has 0 bridgehead atoms. The van der Waals surface area contributed by atoms with Gasteiger partial charge >= 0.3 is 6.18 Å². The molecule has 3 atom stereocenters.